The van der Waals surface area contributed by atoms with Crippen molar-refractivity contribution in [1.29, 1.82) is 0 Å². The van der Waals surface area contributed by atoms with E-state index in [0.717, 1.165) is 11.0 Å². The van der Waals surface area contributed by atoms with Crippen LogP contribution in [-0.4, -0.2) is 15.1 Å². The smallest absolute Gasteiger partial charge is 0.142 e. The highest BCUT2D eigenvalue weighted by Crippen LogP contribution is 2.37. The molecule has 20 heavy (non-hydrogen) atoms. The summed E-state index contributed by atoms with van der Waals surface area (Å²) in [6.07, 6.45) is 0. The van der Waals surface area contributed by atoms with Gasteiger partial charge in [0.2, 0.25) is 0 Å². The third-order valence-electron chi connectivity index (χ3n) is 3.38. The molecule has 5 heteroatoms. The molecule has 3 nitrogen and oxygen atoms in total. The lowest BCUT2D eigenvalue weighted by atomic mass is 10.1. The Kier molecular flexibility index (Phi) is 3.22. The van der Waals surface area contributed by atoms with Gasteiger partial charge in [0.05, 0.1) is 21.1 Å². The van der Waals surface area contributed by atoms with E-state index in [1.807, 2.05) is 6.07 Å². The lowest BCUT2D eigenvalue weighted by Crippen LogP contribution is -1.83. The van der Waals surface area contributed by atoms with Crippen LogP contribution in [0.5, 0.6) is 5.75 Å². The number of aromatic nitrogens is 2. The van der Waals surface area contributed by atoms with Crippen molar-refractivity contribution in [3.63, 3.8) is 0 Å². The fourth-order valence-corrected chi connectivity index (χ4v) is 2.95. The Hall–Kier alpha value is -1.52. The van der Waals surface area contributed by atoms with Crippen LogP contribution in [0.15, 0.2) is 28.7 Å². The number of benzene rings is 2. The van der Waals surface area contributed by atoms with Crippen LogP contribution in [0.2, 0.25) is 5.02 Å². The molecule has 0 radical (unpaired) electrons. The number of phenols is 1. The van der Waals surface area contributed by atoms with Crippen molar-refractivity contribution in [2.24, 2.45) is 0 Å². The Balaban J connectivity index is 2.25. The van der Waals surface area contributed by atoms with Crippen molar-refractivity contribution in [1.82, 2.24) is 9.97 Å². The van der Waals surface area contributed by atoms with E-state index in [2.05, 4.69) is 45.8 Å². The Morgan fingerprint density at radius 1 is 1.15 bits per heavy atom. The van der Waals surface area contributed by atoms with Crippen LogP contribution in [0.1, 0.15) is 11.1 Å². The number of nitrogens with one attached hydrogen (secondary N) is 1. The number of nitrogens with zero attached hydrogens (tertiary/aromatic N) is 1. The number of fused-ring (bicyclic) bond motifs is 1. The highest BCUT2D eigenvalue weighted by molar-refractivity contribution is 9.10. The zero-order chi connectivity index (χ0) is 14.4. The van der Waals surface area contributed by atoms with Gasteiger partial charge in [-0.25, -0.2) is 4.98 Å². The van der Waals surface area contributed by atoms with Crippen molar-refractivity contribution in [3.8, 4) is 17.1 Å². The Morgan fingerprint density at radius 2 is 1.85 bits per heavy atom. The summed E-state index contributed by atoms with van der Waals surface area (Å²) in [6, 6.07) is 7.43. The van der Waals surface area contributed by atoms with Crippen molar-refractivity contribution in [2.75, 3.05) is 0 Å². The summed E-state index contributed by atoms with van der Waals surface area (Å²) < 4.78 is 0.549. The van der Waals surface area contributed by atoms with E-state index < -0.39 is 0 Å². The van der Waals surface area contributed by atoms with Crippen molar-refractivity contribution in [3.05, 3.63) is 44.9 Å². The van der Waals surface area contributed by atoms with Gasteiger partial charge in [0.25, 0.3) is 0 Å². The molecule has 1 heterocycles. The van der Waals surface area contributed by atoms with E-state index in [1.54, 1.807) is 12.1 Å². The SMILES string of the molecule is Cc1cc2nc(-c3cc(Cl)cc(Br)c3O)[nH]c2cc1C. The van der Waals surface area contributed by atoms with Crippen LogP contribution in [-0.2, 0) is 0 Å². The lowest BCUT2D eigenvalue weighted by Gasteiger charge is -2.04. The number of halogens is 2. The monoisotopic (exact) mass is 350 g/mol. The highest BCUT2D eigenvalue weighted by Gasteiger charge is 2.14. The molecule has 0 unspecified atom stereocenters. The number of H-pyrrole nitrogens is 1. The molecule has 0 aliphatic heterocycles. The Labute approximate surface area is 129 Å². The molecule has 0 atom stereocenters. The molecule has 0 amide bonds. The van der Waals surface area contributed by atoms with E-state index in [-0.39, 0.29) is 5.75 Å². The minimum atomic E-state index is 0.127. The first-order valence-electron chi connectivity index (χ1n) is 6.11. The minimum absolute atomic E-state index is 0.127. The molecule has 2 aromatic carbocycles. The number of phenolic OH excluding ortho intramolecular Hbond substituents is 1. The predicted molar refractivity (Wildman–Crippen MR) is 85.4 cm³/mol. The van der Waals surface area contributed by atoms with E-state index in [4.69, 9.17) is 11.6 Å². The molecule has 0 bridgehead atoms. The van der Waals surface area contributed by atoms with E-state index in [0.29, 0.717) is 20.9 Å². The zero-order valence-corrected chi connectivity index (χ0v) is 13.3. The average Bonchev–Trinajstić information content (AvgIpc) is 2.77. The maximum atomic E-state index is 10.1. The van der Waals surface area contributed by atoms with E-state index >= 15 is 0 Å². The highest BCUT2D eigenvalue weighted by atomic mass is 79.9. The van der Waals surface area contributed by atoms with Gasteiger partial charge in [-0.15, -0.1) is 0 Å². The summed E-state index contributed by atoms with van der Waals surface area (Å²) >= 11 is 9.32. The minimum Gasteiger partial charge on any atom is -0.506 e. The maximum Gasteiger partial charge on any atom is 0.142 e. The van der Waals surface area contributed by atoms with Gasteiger partial charge in [0.15, 0.2) is 0 Å². The molecule has 0 aliphatic carbocycles. The molecule has 0 spiro atoms. The second kappa shape index (κ2) is 4.79. The number of hydrogen-bond donors (Lipinski definition) is 2. The number of aromatic hydroxyl groups is 1. The van der Waals surface area contributed by atoms with Gasteiger partial charge in [0, 0.05) is 5.02 Å². The van der Waals surface area contributed by atoms with Gasteiger partial charge in [0.1, 0.15) is 11.6 Å². The normalized spacial score (nSPS) is 11.2. The first-order valence-corrected chi connectivity index (χ1v) is 7.28. The van der Waals surface area contributed by atoms with Crippen molar-refractivity contribution < 1.29 is 5.11 Å². The Morgan fingerprint density at radius 3 is 2.60 bits per heavy atom. The van der Waals surface area contributed by atoms with Crippen LogP contribution < -0.4 is 0 Å². The lowest BCUT2D eigenvalue weighted by molar-refractivity contribution is 0.473. The largest absolute Gasteiger partial charge is 0.506 e. The molecule has 0 saturated carbocycles. The third-order valence-corrected chi connectivity index (χ3v) is 4.20. The first kappa shape index (κ1) is 13.5. The molecule has 0 fully saturated rings. The summed E-state index contributed by atoms with van der Waals surface area (Å²) in [5.41, 5.74) is 4.78. The summed E-state index contributed by atoms with van der Waals surface area (Å²) in [6.45, 7) is 4.11. The molecule has 1 aromatic heterocycles. The fraction of sp³-hybridized carbons (Fsp3) is 0.133. The van der Waals surface area contributed by atoms with Crippen LogP contribution in [0, 0.1) is 13.8 Å². The van der Waals surface area contributed by atoms with Gasteiger partial charge in [-0.3, -0.25) is 0 Å². The number of rotatable bonds is 1. The van der Waals surface area contributed by atoms with Crippen molar-refractivity contribution >= 4 is 38.6 Å². The van der Waals surface area contributed by atoms with Gasteiger partial charge in [-0.2, -0.15) is 0 Å². The van der Waals surface area contributed by atoms with E-state index in [1.165, 1.54) is 11.1 Å². The molecular weight excluding hydrogens is 340 g/mol. The van der Waals surface area contributed by atoms with Crippen LogP contribution in [0.25, 0.3) is 22.4 Å². The zero-order valence-electron chi connectivity index (χ0n) is 11.0. The predicted octanol–water partition coefficient (Wildman–Crippen LogP) is 4.97. The van der Waals surface area contributed by atoms with Crippen LogP contribution >= 0.6 is 27.5 Å². The molecule has 3 aromatic rings. The first-order chi connectivity index (χ1) is 9.45. The molecule has 102 valence electrons. The Bertz CT molecular complexity index is 787. The van der Waals surface area contributed by atoms with Gasteiger partial charge >= 0.3 is 0 Å². The number of hydrogen-bond acceptors (Lipinski definition) is 2. The van der Waals surface area contributed by atoms with Crippen molar-refractivity contribution in [2.45, 2.75) is 13.8 Å². The average molecular weight is 352 g/mol. The topological polar surface area (TPSA) is 48.9 Å². The second-order valence-corrected chi connectivity index (χ2v) is 6.11. The van der Waals surface area contributed by atoms with Gasteiger partial charge in [-0.05, 0) is 65.2 Å². The van der Waals surface area contributed by atoms with Gasteiger partial charge < -0.3 is 10.1 Å². The summed E-state index contributed by atoms with van der Waals surface area (Å²) in [4.78, 5) is 7.76. The van der Waals surface area contributed by atoms with E-state index in [9.17, 15) is 5.11 Å². The fourth-order valence-electron chi connectivity index (χ4n) is 2.14. The third kappa shape index (κ3) is 2.19. The molecular formula is C15H12BrClN2O. The molecule has 0 aliphatic rings. The summed E-state index contributed by atoms with van der Waals surface area (Å²) in [5.74, 6) is 0.729. The molecule has 3 rings (SSSR count). The summed E-state index contributed by atoms with van der Waals surface area (Å²) in [5, 5.41) is 10.7. The van der Waals surface area contributed by atoms with Crippen LogP contribution in [0.3, 0.4) is 0 Å². The van der Waals surface area contributed by atoms with Crippen LogP contribution in [0.4, 0.5) is 0 Å². The second-order valence-electron chi connectivity index (χ2n) is 4.82. The standard InChI is InChI=1S/C15H12BrClN2O/c1-7-3-12-13(4-8(7)2)19-15(18-12)10-5-9(17)6-11(16)14(10)20/h3-6,20H,1-2H3,(H,18,19). The maximum absolute atomic E-state index is 10.1. The quantitative estimate of drug-likeness (QED) is 0.650. The number of imidazole rings is 1. The number of aromatic amines is 1. The molecule has 0 saturated heterocycles. The van der Waals surface area contributed by atoms with Gasteiger partial charge in [-0.1, -0.05) is 11.6 Å². The number of aryl methyl sites for hydroxylation is 2. The summed E-state index contributed by atoms with van der Waals surface area (Å²) in [7, 11) is 0. The molecule has 2 N–H and O–H groups in total.